The average molecular weight is 464 g/mol. The molecule has 1 aromatic carbocycles. The van der Waals surface area contributed by atoms with Crippen molar-refractivity contribution >= 4 is 0 Å². The van der Waals surface area contributed by atoms with Gasteiger partial charge in [0.1, 0.15) is 0 Å². The Labute approximate surface area is 207 Å². The minimum Gasteiger partial charge on any atom is -0.387 e. The maximum absolute atomic E-state index is 11.1. The van der Waals surface area contributed by atoms with Crippen LogP contribution in [0.2, 0.25) is 0 Å². The highest BCUT2D eigenvalue weighted by Crippen LogP contribution is 2.65. The van der Waals surface area contributed by atoms with Crippen LogP contribution in [-0.2, 0) is 11.2 Å². The van der Waals surface area contributed by atoms with E-state index >= 15 is 0 Å². The lowest BCUT2D eigenvalue weighted by atomic mass is 9.48. The molecule has 0 unspecified atom stereocenters. The van der Waals surface area contributed by atoms with E-state index in [0.717, 1.165) is 54.4 Å². The third-order valence-corrected chi connectivity index (χ3v) is 11.1. The fourth-order valence-corrected chi connectivity index (χ4v) is 9.64. The first-order valence-electron chi connectivity index (χ1n) is 14.2. The number of hydrogen-bond donors (Lipinski definition) is 1. The standard InChI is InChI=1S/C31H45NO2/c1-4-34-20-31(33)15-13-25-24(18-31)8-9-27-26(25)12-14-30(3)28(10-11-29(27)30)21(2)16-22-6-5-7-23(17-22)19-32/h5-7,17,21,24-29,33H,4,8-16,18,20H2,1-3H3/t21-,24-,25+,26-,27-,28-,29+,30-,31-/m1/s1. The Morgan fingerprint density at radius 1 is 1.09 bits per heavy atom. The second kappa shape index (κ2) is 9.59. The second-order valence-corrected chi connectivity index (χ2v) is 12.8. The summed E-state index contributed by atoms with van der Waals surface area (Å²) in [6, 6.07) is 10.6. The van der Waals surface area contributed by atoms with E-state index in [1.54, 1.807) is 0 Å². The summed E-state index contributed by atoms with van der Waals surface area (Å²) in [5.74, 6) is 5.66. The molecule has 4 fully saturated rings. The van der Waals surface area contributed by atoms with Crippen LogP contribution in [-0.4, -0.2) is 23.9 Å². The Balaban J connectivity index is 1.26. The first-order valence-corrected chi connectivity index (χ1v) is 14.2. The van der Waals surface area contributed by atoms with Crippen LogP contribution in [0, 0.1) is 58.2 Å². The number of hydrogen-bond acceptors (Lipinski definition) is 3. The first-order chi connectivity index (χ1) is 16.4. The van der Waals surface area contributed by atoms with Gasteiger partial charge in [-0.05, 0) is 136 Å². The molecule has 1 N–H and O–H groups in total. The molecule has 3 nitrogen and oxygen atoms in total. The van der Waals surface area contributed by atoms with Gasteiger partial charge in [0.05, 0.1) is 23.8 Å². The molecule has 186 valence electrons. The molecule has 4 saturated carbocycles. The summed E-state index contributed by atoms with van der Waals surface area (Å²) in [4.78, 5) is 0. The Morgan fingerprint density at radius 3 is 2.71 bits per heavy atom. The highest BCUT2D eigenvalue weighted by Gasteiger charge is 2.58. The zero-order chi connectivity index (χ0) is 23.9. The van der Waals surface area contributed by atoms with Crippen LogP contribution in [0.3, 0.4) is 0 Å². The normalized spacial score (nSPS) is 42.2. The fourth-order valence-electron chi connectivity index (χ4n) is 9.64. The first kappa shape index (κ1) is 24.3. The lowest BCUT2D eigenvalue weighted by Crippen LogP contribution is -2.52. The fraction of sp³-hybridized carbons (Fsp3) is 0.774. The number of rotatable bonds is 6. The summed E-state index contributed by atoms with van der Waals surface area (Å²) in [6.45, 7) is 8.36. The van der Waals surface area contributed by atoms with Gasteiger partial charge in [0.25, 0.3) is 0 Å². The van der Waals surface area contributed by atoms with E-state index in [1.165, 1.54) is 50.5 Å². The van der Waals surface area contributed by atoms with Crippen molar-refractivity contribution in [2.24, 2.45) is 46.8 Å². The third-order valence-electron chi connectivity index (χ3n) is 11.1. The van der Waals surface area contributed by atoms with Gasteiger partial charge in [0.15, 0.2) is 0 Å². The van der Waals surface area contributed by atoms with Gasteiger partial charge in [-0.15, -0.1) is 0 Å². The summed E-state index contributed by atoms with van der Waals surface area (Å²) in [5.41, 5.74) is 2.02. The molecule has 34 heavy (non-hydrogen) atoms. The van der Waals surface area contributed by atoms with E-state index in [2.05, 4.69) is 32.0 Å². The molecule has 0 heterocycles. The number of nitriles is 1. The van der Waals surface area contributed by atoms with Crippen molar-refractivity contribution < 1.29 is 9.84 Å². The molecule has 9 atom stereocenters. The van der Waals surface area contributed by atoms with Gasteiger partial charge in [0, 0.05) is 6.61 Å². The zero-order valence-corrected chi connectivity index (χ0v) is 21.6. The van der Waals surface area contributed by atoms with Crippen molar-refractivity contribution in [2.75, 3.05) is 13.2 Å². The van der Waals surface area contributed by atoms with E-state index in [0.29, 0.717) is 30.5 Å². The predicted molar refractivity (Wildman–Crippen MR) is 136 cm³/mol. The van der Waals surface area contributed by atoms with Gasteiger partial charge < -0.3 is 9.84 Å². The maximum atomic E-state index is 11.1. The Morgan fingerprint density at radius 2 is 1.91 bits per heavy atom. The molecule has 5 rings (SSSR count). The largest absolute Gasteiger partial charge is 0.387 e. The van der Waals surface area contributed by atoms with Crippen molar-refractivity contribution in [2.45, 2.75) is 90.6 Å². The molecule has 0 saturated heterocycles. The summed E-state index contributed by atoms with van der Waals surface area (Å²) >= 11 is 0. The third kappa shape index (κ3) is 4.35. The minimum atomic E-state index is -0.579. The molecule has 0 bridgehead atoms. The molecule has 4 aliphatic carbocycles. The summed E-state index contributed by atoms with van der Waals surface area (Å²) in [7, 11) is 0. The van der Waals surface area contributed by atoms with Gasteiger partial charge >= 0.3 is 0 Å². The van der Waals surface area contributed by atoms with Crippen LogP contribution in [0.1, 0.15) is 89.7 Å². The molecule has 0 radical (unpaired) electrons. The Hall–Kier alpha value is -1.37. The van der Waals surface area contributed by atoms with Crippen LogP contribution in [0.15, 0.2) is 24.3 Å². The smallest absolute Gasteiger partial charge is 0.0991 e. The van der Waals surface area contributed by atoms with E-state index in [-0.39, 0.29) is 0 Å². The average Bonchev–Trinajstić information content (AvgIpc) is 3.20. The van der Waals surface area contributed by atoms with E-state index in [1.807, 2.05) is 19.1 Å². The van der Waals surface area contributed by atoms with E-state index in [4.69, 9.17) is 4.74 Å². The van der Waals surface area contributed by atoms with Crippen LogP contribution in [0.4, 0.5) is 0 Å². The topological polar surface area (TPSA) is 53.2 Å². The van der Waals surface area contributed by atoms with Crippen molar-refractivity contribution in [3.8, 4) is 6.07 Å². The van der Waals surface area contributed by atoms with E-state index in [9.17, 15) is 10.4 Å². The van der Waals surface area contributed by atoms with Crippen LogP contribution in [0.5, 0.6) is 0 Å². The Kier molecular flexibility index (Phi) is 6.86. The Bertz CT molecular complexity index is 907. The minimum absolute atomic E-state index is 0.477. The summed E-state index contributed by atoms with van der Waals surface area (Å²) in [6.07, 6.45) is 12.5. The lowest BCUT2D eigenvalue weighted by Gasteiger charge is -2.57. The van der Waals surface area contributed by atoms with Crippen molar-refractivity contribution in [3.63, 3.8) is 0 Å². The van der Waals surface area contributed by atoms with E-state index < -0.39 is 5.60 Å². The highest BCUT2D eigenvalue weighted by atomic mass is 16.5. The molecule has 0 aliphatic heterocycles. The molecule has 4 aliphatic rings. The summed E-state index contributed by atoms with van der Waals surface area (Å²) < 4.78 is 5.66. The monoisotopic (exact) mass is 463 g/mol. The molecule has 0 amide bonds. The number of fused-ring (bicyclic) bond motifs is 5. The van der Waals surface area contributed by atoms with Crippen LogP contribution >= 0.6 is 0 Å². The number of nitrogens with zero attached hydrogens (tertiary/aromatic N) is 1. The van der Waals surface area contributed by atoms with Crippen molar-refractivity contribution in [1.82, 2.24) is 0 Å². The molecule has 0 aromatic heterocycles. The SMILES string of the molecule is CCOC[C@@]1(O)CC[C@H]2[C@H](CC[C@@H]3[C@@H]2CC[C@]2(C)[C@@H]([C@H](C)Cc4cccc(C#N)c4)CC[C@@H]32)C1. The van der Waals surface area contributed by atoms with Gasteiger partial charge in [-0.2, -0.15) is 5.26 Å². The van der Waals surface area contributed by atoms with Crippen LogP contribution < -0.4 is 0 Å². The number of aliphatic hydroxyl groups is 1. The zero-order valence-electron chi connectivity index (χ0n) is 21.6. The molecule has 1 aromatic rings. The number of benzene rings is 1. The van der Waals surface area contributed by atoms with Gasteiger partial charge in [-0.3, -0.25) is 0 Å². The molecule has 0 spiro atoms. The van der Waals surface area contributed by atoms with Crippen molar-refractivity contribution in [3.05, 3.63) is 35.4 Å². The van der Waals surface area contributed by atoms with Gasteiger partial charge in [-0.1, -0.05) is 26.0 Å². The molecular formula is C31H45NO2. The maximum Gasteiger partial charge on any atom is 0.0991 e. The molecule has 3 heteroatoms. The van der Waals surface area contributed by atoms with Gasteiger partial charge in [-0.25, -0.2) is 0 Å². The van der Waals surface area contributed by atoms with Crippen LogP contribution in [0.25, 0.3) is 0 Å². The quantitative estimate of drug-likeness (QED) is 0.506. The van der Waals surface area contributed by atoms with Crippen molar-refractivity contribution in [1.29, 1.82) is 5.26 Å². The second-order valence-electron chi connectivity index (χ2n) is 12.8. The lowest BCUT2D eigenvalue weighted by molar-refractivity contribution is -0.129. The highest BCUT2D eigenvalue weighted by molar-refractivity contribution is 5.33. The molecular weight excluding hydrogens is 418 g/mol. The predicted octanol–water partition coefficient (Wildman–Crippen LogP) is 6.77. The summed E-state index contributed by atoms with van der Waals surface area (Å²) in [5, 5.41) is 20.4. The number of ether oxygens (including phenoxy) is 1. The van der Waals surface area contributed by atoms with Gasteiger partial charge in [0.2, 0.25) is 0 Å².